The molecule has 0 saturated heterocycles. The molecule has 0 saturated carbocycles. The van der Waals surface area contributed by atoms with Gasteiger partial charge in [-0.3, -0.25) is 4.98 Å². The SMILES string of the molecule is Cc1cccnc1C1NCCc2cc(OCCN(C)C)ccc21. The summed E-state index contributed by atoms with van der Waals surface area (Å²) in [6, 6.07) is 10.7. The van der Waals surface area contributed by atoms with Crippen molar-refractivity contribution in [3.63, 3.8) is 0 Å². The molecule has 4 heteroatoms. The summed E-state index contributed by atoms with van der Waals surface area (Å²) < 4.78 is 5.87. The van der Waals surface area contributed by atoms with E-state index in [4.69, 9.17) is 4.74 Å². The molecule has 0 amide bonds. The fraction of sp³-hybridized carbons (Fsp3) is 0.421. The zero-order valence-electron chi connectivity index (χ0n) is 14.2. The number of pyridine rings is 1. The minimum Gasteiger partial charge on any atom is -0.492 e. The van der Waals surface area contributed by atoms with Crippen molar-refractivity contribution in [3.05, 3.63) is 58.9 Å². The summed E-state index contributed by atoms with van der Waals surface area (Å²) in [6.07, 6.45) is 2.90. The Hall–Kier alpha value is -1.91. The molecule has 1 atom stereocenters. The maximum atomic E-state index is 5.87. The molecule has 1 aliphatic heterocycles. The van der Waals surface area contributed by atoms with E-state index in [9.17, 15) is 0 Å². The Bertz CT molecular complexity index is 669. The lowest BCUT2D eigenvalue weighted by molar-refractivity contribution is 0.261. The Morgan fingerprint density at radius 2 is 2.17 bits per heavy atom. The van der Waals surface area contributed by atoms with Crippen LogP contribution in [0.4, 0.5) is 0 Å². The van der Waals surface area contributed by atoms with Crippen LogP contribution in [0.2, 0.25) is 0 Å². The summed E-state index contributed by atoms with van der Waals surface area (Å²) in [5.41, 5.74) is 5.03. The number of hydrogen-bond acceptors (Lipinski definition) is 4. The maximum absolute atomic E-state index is 5.87. The van der Waals surface area contributed by atoms with Crippen LogP contribution in [-0.2, 0) is 6.42 Å². The third-order valence-corrected chi connectivity index (χ3v) is 4.30. The highest BCUT2D eigenvalue weighted by molar-refractivity contribution is 5.43. The first-order chi connectivity index (χ1) is 11.1. The molecule has 0 fully saturated rings. The Balaban J connectivity index is 1.81. The maximum Gasteiger partial charge on any atom is 0.119 e. The second kappa shape index (κ2) is 7.11. The molecule has 1 aliphatic rings. The summed E-state index contributed by atoms with van der Waals surface area (Å²) >= 11 is 0. The number of nitrogens with zero attached hydrogens (tertiary/aromatic N) is 2. The largest absolute Gasteiger partial charge is 0.492 e. The van der Waals surface area contributed by atoms with Crippen molar-refractivity contribution in [2.75, 3.05) is 33.8 Å². The Morgan fingerprint density at radius 1 is 1.30 bits per heavy atom. The van der Waals surface area contributed by atoms with Crippen LogP contribution in [0.25, 0.3) is 0 Å². The first kappa shape index (κ1) is 16.0. The molecule has 1 aromatic carbocycles. The van der Waals surface area contributed by atoms with Crippen LogP contribution in [0.3, 0.4) is 0 Å². The van der Waals surface area contributed by atoms with E-state index in [-0.39, 0.29) is 6.04 Å². The molecule has 4 nitrogen and oxygen atoms in total. The normalized spacial score (nSPS) is 17.1. The molecule has 2 aromatic rings. The predicted molar refractivity (Wildman–Crippen MR) is 93.0 cm³/mol. The quantitative estimate of drug-likeness (QED) is 0.921. The van der Waals surface area contributed by atoms with E-state index in [1.807, 2.05) is 12.3 Å². The van der Waals surface area contributed by atoms with Gasteiger partial charge in [0.2, 0.25) is 0 Å². The van der Waals surface area contributed by atoms with Crippen LogP contribution in [-0.4, -0.2) is 43.7 Å². The van der Waals surface area contributed by atoms with Gasteiger partial charge >= 0.3 is 0 Å². The Labute approximate surface area is 138 Å². The molecule has 3 rings (SSSR count). The first-order valence-corrected chi connectivity index (χ1v) is 8.20. The van der Waals surface area contributed by atoms with Crippen LogP contribution in [0, 0.1) is 6.92 Å². The number of ether oxygens (including phenoxy) is 1. The van der Waals surface area contributed by atoms with Gasteiger partial charge in [0.1, 0.15) is 12.4 Å². The number of nitrogens with one attached hydrogen (secondary N) is 1. The average Bonchev–Trinajstić information content (AvgIpc) is 2.54. The third kappa shape index (κ3) is 3.71. The smallest absolute Gasteiger partial charge is 0.119 e. The predicted octanol–water partition coefficient (Wildman–Crippen LogP) is 2.57. The Morgan fingerprint density at radius 3 is 2.96 bits per heavy atom. The molecule has 1 N–H and O–H groups in total. The highest BCUT2D eigenvalue weighted by Crippen LogP contribution is 2.31. The minimum absolute atomic E-state index is 0.177. The van der Waals surface area contributed by atoms with Gasteiger partial charge in [-0.15, -0.1) is 0 Å². The van der Waals surface area contributed by atoms with E-state index in [2.05, 4.69) is 60.5 Å². The van der Waals surface area contributed by atoms with E-state index in [0.29, 0.717) is 6.61 Å². The van der Waals surface area contributed by atoms with E-state index in [0.717, 1.165) is 31.0 Å². The van der Waals surface area contributed by atoms with Crippen LogP contribution in [0.15, 0.2) is 36.5 Å². The van der Waals surface area contributed by atoms with E-state index >= 15 is 0 Å². The van der Waals surface area contributed by atoms with Crippen LogP contribution in [0.1, 0.15) is 28.4 Å². The lowest BCUT2D eigenvalue weighted by atomic mass is 9.90. The van der Waals surface area contributed by atoms with Crippen molar-refractivity contribution in [1.82, 2.24) is 15.2 Å². The van der Waals surface area contributed by atoms with Gasteiger partial charge in [0.15, 0.2) is 0 Å². The molecule has 122 valence electrons. The molecular weight excluding hydrogens is 286 g/mol. The first-order valence-electron chi connectivity index (χ1n) is 8.20. The molecule has 0 bridgehead atoms. The second-order valence-corrected chi connectivity index (χ2v) is 6.36. The molecular formula is C19H25N3O. The number of benzene rings is 1. The average molecular weight is 311 g/mol. The zero-order valence-corrected chi connectivity index (χ0v) is 14.2. The molecule has 1 unspecified atom stereocenters. The standard InChI is InChI=1S/C19H25N3O/c1-14-5-4-9-20-18(14)19-17-7-6-16(23-12-11-22(2)3)13-15(17)8-10-21-19/h4-7,9,13,19,21H,8,10-12H2,1-3H3. The number of fused-ring (bicyclic) bond motifs is 1. The van der Waals surface area contributed by atoms with Crippen molar-refractivity contribution < 1.29 is 4.74 Å². The lowest BCUT2D eigenvalue weighted by Gasteiger charge is -2.28. The Kier molecular flexibility index (Phi) is 4.94. The van der Waals surface area contributed by atoms with Crippen LogP contribution < -0.4 is 10.1 Å². The van der Waals surface area contributed by atoms with Crippen molar-refractivity contribution in [3.8, 4) is 5.75 Å². The second-order valence-electron chi connectivity index (χ2n) is 6.36. The van der Waals surface area contributed by atoms with Crippen molar-refractivity contribution in [1.29, 1.82) is 0 Å². The number of aryl methyl sites for hydroxylation is 1. The van der Waals surface area contributed by atoms with Gasteiger partial charge in [-0.05, 0) is 62.3 Å². The summed E-state index contributed by atoms with van der Waals surface area (Å²) in [5, 5.41) is 3.60. The van der Waals surface area contributed by atoms with Crippen molar-refractivity contribution in [2.24, 2.45) is 0 Å². The van der Waals surface area contributed by atoms with Gasteiger partial charge in [-0.25, -0.2) is 0 Å². The summed E-state index contributed by atoms with van der Waals surface area (Å²) in [7, 11) is 4.11. The van der Waals surface area contributed by atoms with E-state index in [1.54, 1.807) is 0 Å². The molecule has 2 heterocycles. The summed E-state index contributed by atoms with van der Waals surface area (Å²) in [6.45, 7) is 4.73. The monoisotopic (exact) mass is 311 g/mol. The van der Waals surface area contributed by atoms with Gasteiger partial charge < -0.3 is 15.0 Å². The number of hydrogen-bond donors (Lipinski definition) is 1. The van der Waals surface area contributed by atoms with E-state index in [1.165, 1.54) is 16.7 Å². The number of aromatic nitrogens is 1. The van der Waals surface area contributed by atoms with E-state index < -0.39 is 0 Å². The van der Waals surface area contributed by atoms with Gasteiger partial charge in [0, 0.05) is 19.3 Å². The fourth-order valence-corrected chi connectivity index (χ4v) is 3.02. The number of likely N-dealkylation sites (N-methyl/N-ethyl adjacent to an activating group) is 1. The highest BCUT2D eigenvalue weighted by Gasteiger charge is 2.23. The van der Waals surface area contributed by atoms with Gasteiger partial charge in [-0.1, -0.05) is 12.1 Å². The van der Waals surface area contributed by atoms with Gasteiger partial charge in [-0.2, -0.15) is 0 Å². The molecule has 1 aromatic heterocycles. The molecule has 0 aliphatic carbocycles. The van der Waals surface area contributed by atoms with Crippen molar-refractivity contribution in [2.45, 2.75) is 19.4 Å². The minimum atomic E-state index is 0.177. The highest BCUT2D eigenvalue weighted by atomic mass is 16.5. The fourth-order valence-electron chi connectivity index (χ4n) is 3.02. The molecule has 0 radical (unpaired) electrons. The van der Waals surface area contributed by atoms with Crippen molar-refractivity contribution >= 4 is 0 Å². The van der Waals surface area contributed by atoms with Crippen LogP contribution >= 0.6 is 0 Å². The molecule has 0 spiro atoms. The van der Waals surface area contributed by atoms with Gasteiger partial charge in [0.25, 0.3) is 0 Å². The third-order valence-electron chi connectivity index (χ3n) is 4.30. The topological polar surface area (TPSA) is 37.4 Å². The van der Waals surface area contributed by atoms with Crippen LogP contribution in [0.5, 0.6) is 5.75 Å². The molecule has 23 heavy (non-hydrogen) atoms. The summed E-state index contributed by atoms with van der Waals surface area (Å²) in [4.78, 5) is 6.72. The lowest BCUT2D eigenvalue weighted by Crippen LogP contribution is -2.31. The zero-order chi connectivity index (χ0) is 16.2. The summed E-state index contributed by atoms with van der Waals surface area (Å²) in [5.74, 6) is 0.962. The van der Waals surface area contributed by atoms with Gasteiger partial charge in [0.05, 0.1) is 11.7 Å². The number of rotatable bonds is 5.